The van der Waals surface area contributed by atoms with Gasteiger partial charge in [-0.25, -0.2) is 0 Å². The lowest BCUT2D eigenvalue weighted by atomic mass is 9.75. The number of hydrogen-bond donors (Lipinski definition) is 1. The first kappa shape index (κ1) is 22.0. The molecule has 2 heterocycles. The van der Waals surface area contributed by atoms with Gasteiger partial charge >= 0.3 is 4.87 Å². The van der Waals surface area contributed by atoms with Crippen LogP contribution < -0.4 is 14.9 Å². The van der Waals surface area contributed by atoms with Crippen LogP contribution >= 0.6 is 23.1 Å². The van der Waals surface area contributed by atoms with E-state index in [-0.39, 0.29) is 23.2 Å². The second kappa shape index (κ2) is 8.61. The molecular weight excluding hydrogens is 464 g/mol. The van der Waals surface area contributed by atoms with Crippen molar-refractivity contribution in [1.82, 2.24) is 4.57 Å². The van der Waals surface area contributed by atoms with Gasteiger partial charge < -0.3 is 10.1 Å². The van der Waals surface area contributed by atoms with Gasteiger partial charge in [0.05, 0.1) is 12.1 Å². The van der Waals surface area contributed by atoms with E-state index in [2.05, 4.69) is 17.4 Å². The van der Waals surface area contributed by atoms with Crippen molar-refractivity contribution in [2.24, 2.45) is 17.8 Å². The van der Waals surface area contributed by atoms with E-state index >= 15 is 0 Å². The van der Waals surface area contributed by atoms with Gasteiger partial charge in [-0.05, 0) is 73.8 Å². The molecule has 5 atom stereocenters. The Morgan fingerprint density at radius 2 is 1.82 bits per heavy atom. The van der Waals surface area contributed by atoms with Gasteiger partial charge in [0.15, 0.2) is 0 Å². The summed E-state index contributed by atoms with van der Waals surface area (Å²) in [7, 11) is 1.68. The molecule has 34 heavy (non-hydrogen) atoms. The minimum atomic E-state index is -0.164. The number of benzene rings is 2. The Bertz CT molecular complexity index is 1280. The number of fused-ring (bicyclic) bond motifs is 6. The number of nitrogens with one attached hydrogen (secondary N) is 1. The first-order valence-corrected chi connectivity index (χ1v) is 13.6. The molecule has 0 spiro atoms. The highest BCUT2D eigenvalue weighted by Crippen LogP contribution is 2.64. The summed E-state index contributed by atoms with van der Waals surface area (Å²) in [6.07, 6.45) is 3.87. The zero-order chi connectivity index (χ0) is 23.4. The molecule has 5 nitrogen and oxygen atoms in total. The Balaban J connectivity index is 1.35. The maximum Gasteiger partial charge on any atom is 0.308 e. The second-order valence-corrected chi connectivity index (χ2v) is 11.9. The standard InChI is InChI=1S/C27H28N2O3S2/c1-15-3-9-19(10-4-15)28-21(30)14-29-26-25(34-27(29)31)22(16-7-11-20(32-2)12-8-16)23-17-5-6-18(13-17)24(23)33-26/h3-4,7-12,17-18,22-24H,5-6,13-14H2,1-2H3,(H,28,30). The maximum atomic E-state index is 13.2. The third-order valence-electron chi connectivity index (χ3n) is 7.80. The highest BCUT2D eigenvalue weighted by Gasteiger charge is 2.55. The van der Waals surface area contributed by atoms with Crippen molar-refractivity contribution in [2.45, 2.75) is 48.9 Å². The summed E-state index contributed by atoms with van der Waals surface area (Å²) in [5.74, 6) is 2.87. The zero-order valence-electron chi connectivity index (χ0n) is 19.3. The molecule has 176 valence electrons. The van der Waals surface area contributed by atoms with E-state index in [9.17, 15) is 9.59 Å². The van der Waals surface area contributed by atoms with E-state index in [1.165, 1.54) is 36.2 Å². The van der Waals surface area contributed by atoms with E-state index in [0.29, 0.717) is 17.1 Å². The number of nitrogens with zero attached hydrogens (tertiary/aromatic N) is 1. The fraction of sp³-hybridized carbons (Fsp3) is 0.407. The quantitative estimate of drug-likeness (QED) is 0.510. The van der Waals surface area contributed by atoms with Crippen LogP contribution in [0.15, 0.2) is 58.4 Å². The highest BCUT2D eigenvalue weighted by atomic mass is 32.2. The van der Waals surface area contributed by atoms with Gasteiger partial charge in [0.25, 0.3) is 0 Å². The summed E-state index contributed by atoms with van der Waals surface area (Å²) in [4.78, 5) is 27.2. The van der Waals surface area contributed by atoms with Crippen molar-refractivity contribution >= 4 is 34.7 Å². The third kappa shape index (κ3) is 3.69. The molecule has 1 aromatic heterocycles. The van der Waals surface area contributed by atoms with Gasteiger partial charge in [0, 0.05) is 21.7 Å². The lowest BCUT2D eigenvalue weighted by Gasteiger charge is -2.40. The summed E-state index contributed by atoms with van der Waals surface area (Å²) < 4.78 is 7.10. The number of ether oxygens (including phenoxy) is 1. The van der Waals surface area contributed by atoms with Crippen LogP contribution in [0.3, 0.4) is 0 Å². The van der Waals surface area contributed by atoms with Crippen LogP contribution in [0, 0.1) is 24.7 Å². The molecule has 0 saturated heterocycles. The molecule has 2 fully saturated rings. The number of hydrogen-bond acceptors (Lipinski definition) is 5. The van der Waals surface area contributed by atoms with Crippen molar-refractivity contribution < 1.29 is 9.53 Å². The lowest BCUT2D eigenvalue weighted by Crippen LogP contribution is -2.34. The van der Waals surface area contributed by atoms with E-state index in [0.717, 1.165) is 32.8 Å². The van der Waals surface area contributed by atoms with Crippen LogP contribution in [0.25, 0.3) is 0 Å². The second-order valence-electron chi connectivity index (χ2n) is 9.78. The Labute approximate surface area is 207 Å². The average Bonchev–Trinajstić information content (AvgIpc) is 3.54. The SMILES string of the molecule is COc1ccc(C2c3sc(=O)n(CC(=O)Nc4ccc(C)cc4)c3SC3C4CCC(C4)C23)cc1. The Kier molecular flexibility index (Phi) is 5.57. The van der Waals surface area contributed by atoms with Gasteiger partial charge in [-0.2, -0.15) is 0 Å². The number of methoxy groups -OCH3 is 1. The number of carbonyl (C=O) groups is 1. The number of thioether (sulfide) groups is 1. The molecule has 2 bridgehead atoms. The number of aryl methyl sites for hydroxylation is 1. The van der Waals surface area contributed by atoms with Crippen molar-refractivity contribution in [1.29, 1.82) is 0 Å². The fourth-order valence-electron chi connectivity index (χ4n) is 6.25. The monoisotopic (exact) mass is 492 g/mol. The van der Waals surface area contributed by atoms with E-state index in [1.54, 1.807) is 11.7 Å². The molecule has 2 saturated carbocycles. The molecule has 3 aliphatic rings. The fourth-order valence-corrected chi connectivity index (χ4v) is 9.40. The van der Waals surface area contributed by atoms with Crippen molar-refractivity contribution in [3.05, 3.63) is 74.2 Å². The molecular formula is C27H28N2O3S2. The molecule has 2 aromatic carbocycles. The van der Waals surface area contributed by atoms with E-state index in [1.807, 2.05) is 55.1 Å². The van der Waals surface area contributed by atoms with Gasteiger partial charge in [0.1, 0.15) is 12.3 Å². The van der Waals surface area contributed by atoms with E-state index in [4.69, 9.17) is 4.74 Å². The van der Waals surface area contributed by atoms with Gasteiger partial charge in [-0.15, -0.1) is 11.8 Å². The molecule has 3 aromatic rings. The predicted molar refractivity (Wildman–Crippen MR) is 137 cm³/mol. The number of aromatic nitrogens is 1. The van der Waals surface area contributed by atoms with Crippen LogP contribution in [0.1, 0.15) is 41.2 Å². The topological polar surface area (TPSA) is 60.3 Å². The predicted octanol–water partition coefficient (Wildman–Crippen LogP) is 5.52. The van der Waals surface area contributed by atoms with E-state index < -0.39 is 0 Å². The molecule has 2 aliphatic carbocycles. The summed E-state index contributed by atoms with van der Waals surface area (Å²) >= 11 is 3.19. The molecule has 6 rings (SSSR count). The molecule has 5 unspecified atom stereocenters. The van der Waals surface area contributed by atoms with Crippen molar-refractivity contribution in [2.75, 3.05) is 12.4 Å². The van der Waals surface area contributed by atoms with Crippen LogP contribution in [0.5, 0.6) is 5.75 Å². The van der Waals surface area contributed by atoms with Crippen molar-refractivity contribution in [3.63, 3.8) is 0 Å². The number of carbonyl (C=O) groups excluding carboxylic acids is 1. The summed E-state index contributed by atoms with van der Waals surface area (Å²) in [6, 6.07) is 16.1. The Morgan fingerprint density at radius 3 is 2.56 bits per heavy atom. The van der Waals surface area contributed by atoms with Crippen LogP contribution in [-0.2, 0) is 11.3 Å². The highest BCUT2D eigenvalue weighted by molar-refractivity contribution is 8.00. The minimum Gasteiger partial charge on any atom is -0.497 e. The Hall–Kier alpha value is -2.51. The third-order valence-corrected chi connectivity index (χ3v) is 10.6. The van der Waals surface area contributed by atoms with Gasteiger partial charge in [-0.3, -0.25) is 14.2 Å². The molecule has 1 N–H and O–H groups in total. The van der Waals surface area contributed by atoms with Crippen LogP contribution in [-0.4, -0.2) is 22.8 Å². The molecule has 7 heteroatoms. The lowest BCUT2D eigenvalue weighted by molar-refractivity contribution is -0.116. The molecule has 1 aliphatic heterocycles. The number of rotatable bonds is 5. The number of thiazole rings is 1. The first-order chi connectivity index (χ1) is 16.5. The average molecular weight is 493 g/mol. The summed E-state index contributed by atoms with van der Waals surface area (Å²) in [5.41, 5.74) is 3.15. The first-order valence-electron chi connectivity index (χ1n) is 11.9. The molecule has 0 radical (unpaired) electrons. The number of amides is 1. The smallest absolute Gasteiger partial charge is 0.308 e. The number of anilines is 1. The maximum absolute atomic E-state index is 13.2. The largest absolute Gasteiger partial charge is 0.497 e. The summed E-state index contributed by atoms with van der Waals surface area (Å²) in [5, 5.41) is 4.47. The minimum absolute atomic E-state index is 0.0395. The van der Waals surface area contributed by atoms with Gasteiger partial charge in [0.2, 0.25) is 5.91 Å². The van der Waals surface area contributed by atoms with Crippen LogP contribution in [0.4, 0.5) is 5.69 Å². The van der Waals surface area contributed by atoms with Crippen molar-refractivity contribution in [3.8, 4) is 5.75 Å². The summed E-state index contributed by atoms with van der Waals surface area (Å²) in [6.45, 7) is 2.06. The zero-order valence-corrected chi connectivity index (χ0v) is 21.0. The van der Waals surface area contributed by atoms with Crippen LogP contribution in [0.2, 0.25) is 0 Å². The Morgan fingerprint density at radius 1 is 1.09 bits per heavy atom. The molecule has 1 amide bonds. The van der Waals surface area contributed by atoms with Gasteiger partial charge in [-0.1, -0.05) is 41.2 Å². The normalized spacial score (nSPS) is 26.7.